The molecular weight excluding hydrogens is 276 g/mol. The van der Waals surface area contributed by atoms with E-state index in [1.165, 1.54) is 0 Å². The van der Waals surface area contributed by atoms with Gasteiger partial charge in [-0.1, -0.05) is 43.8 Å². The van der Waals surface area contributed by atoms with Gasteiger partial charge < -0.3 is 10.3 Å². The highest BCUT2D eigenvalue weighted by atomic mass is 32.2. The Kier molecular flexibility index (Phi) is 4.93. The number of H-pyrrole nitrogens is 1. The van der Waals surface area contributed by atoms with E-state index < -0.39 is 0 Å². The molecule has 19 heavy (non-hydrogen) atoms. The van der Waals surface area contributed by atoms with Gasteiger partial charge >= 0.3 is 0 Å². The number of thioether (sulfide) groups is 1. The number of nitrogens with zero attached hydrogens (tertiary/aromatic N) is 2. The van der Waals surface area contributed by atoms with Crippen LogP contribution in [0, 0.1) is 4.77 Å². The van der Waals surface area contributed by atoms with Crippen LogP contribution in [0.25, 0.3) is 0 Å². The van der Waals surface area contributed by atoms with Gasteiger partial charge in [-0.15, -0.1) is 0 Å². The van der Waals surface area contributed by atoms with Gasteiger partial charge in [-0.05, 0) is 30.8 Å². The van der Waals surface area contributed by atoms with Gasteiger partial charge in [0.2, 0.25) is 10.7 Å². The predicted molar refractivity (Wildman–Crippen MR) is 82.6 cm³/mol. The van der Waals surface area contributed by atoms with Crippen LogP contribution in [0.15, 0.2) is 35.5 Å². The second-order valence-electron chi connectivity index (χ2n) is 4.11. The van der Waals surface area contributed by atoms with Crippen LogP contribution in [0.3, 0.4) is 0 Å². The predicted octanol–water partition coefficient (Wildman–Crippen LogP) is 4.17. The van der Waals surface area contributed by atoms with Gasteiger partial charge in [0.1, 0.15) is 0 Å². The average molecular weight is 292 g/mol. The first-order valence-corrected chi connectivity index (χ1v) is 7.43. The summed E-state index contributed by atoms with van der Waals surface area (Å²) in [5.74, 6) is 0.622. The van der Waals surface area contributed by atoms with Crippen molar-refractivity contribution in [3.05, 3.63) is 35.1 Å². The van der Waals surface area contributed by atoms with E-state index in [0.717, 1.165) is 12.1 Å². The van der Waals surface area contributed by atoms with Crippen molar-refractivity contribution < 1.29 is 0 Å². The van der Waals surface area contributed by atoms with E-state index in [4.69, 9.17) is 12.2 Å². The zero-order valence-electron chi connectivity index (χ0n) is 10.9. The van der Waals surface area contributed by atoms with Gasteiger partial charge in [0.25, 0.3) is 0 Å². The molecule has 0 aliphatic heterocycles. The second kappa shape index (κ2) is 6.68. The number of anilines is 2. The van der Waals surface area contributed by atoms with Crippen LogP contribution < -0.4 is 5.32 Å². The third-order valence-corrected chi connectivity index (χ3v) is 3.87. The molecule has 0 bridgehead atoms. The molecule has 0 saturated carbocycles. The summed E-state index contributed by atoms with van der Waals surface area (Å²) in [4.78, 5) is 11.6. The van der Waals surface area contributed by atoms with Crippen LogP contribution in [0.1, 0.15) is 20.3 Å². The molecular formula is C13H16N4S2. The highest BCUT2D eigenvalue weighted by Gasteiger charge is 2.06. The second-order valence-corrected chi connectivity index (χ2v) is 5.90. The Morgan fingerprint density at radius 1 is 1.32 bits per heavy atom. The van der Waals surface area contributed by atoms with Crippen molar-refractivity contribution >= 4 is 35.6 Å². The van der Waals surface area contributed by atoms with Crippen molar-refractivity contribution in [1.82, 2.24) is 15.0 Å². The number of benzene rings is 1. The van der Waals surface area contributed by atoms with Gasteiger partial charge in [-0.25, -0.2) is 0 Å². The first-order valence-electron chi connectivity index (χ1n) is 6.14. The summed E-state index contributed by atoms with van der Waals surface area (Å²) >= 11 is 6.77. The lowest BCUT2D eigenvalue weighted by molar-refractivity contribution is 0.863. The number of rotatable bonds is 5. The highest BCUT2D eigenvalue weighted by molar-refractivity contribution is 7.99. The molecule has 0 aliphatic carbocycles. The lowest BCUT2D eigenvalue weighted by Crippen LogP contribution is -2.02. The van der Waals surface area contributed by atoms with E-state index in [0.29, 0.717) is 21.1 Å². The first-order chi connectivity index (χ1) is 9.17. The fourth-order valence-electron chi connectivity index (χ4n) is 1.40. The van der Waals surface area contributed by atoms with Crippen LogP contribution in [0.4, 0.5) is 11.6 Å². The van der Waals surface area contributed by atoms with E-state index in [1.54, 1.807) is 11.8 Å². The third-order valence-electron chi connectivity index (χ3n) is 2.55. The molecule has 1 aromatic heterocycles. The van der Waals surface area contributed by atoms with Crippen molar-refractivity contribution in [2.45, 2.75) is 30.7 Å². The molecule has 2 aromatic rings. The molecule has 1 atom stereocenters. The van der Waals surface area contributed by atoms with Gasteiger partial charge in [-0.2, -0.15) is 9.97 Å². The van der Waals surface area contributed by atoms with Crippen LogP contribution in [-0.2, 0) is 0 Å². The standard InChI is InChI=1S/C13H16N4S2/c1-3-9(2)19-13-16-11(15-12(18)17-13)14-10-7-5-4-6-8-10/h4-9H,3H2,1-2H3,(H2,14,15,16,17,18). The summed E-state index contributed by atoms with van der Waals surface area (Å²) in [6.45, 7) is 4.29. The van der Waals surface area contributed by atoms with Crippen LogP contribution in [0.2, 0.25) is 0 Å². The van der Waals surface area contributed by atoms with Crippen molar-refractivity contribution in [3.63, 3.8) is 0 Å². The van der Waals surface area contributed by atoms with Crippen LogP contribution >= 0.6 is 24.0 Å². The minimum atomic E-state index is 0.444. The summed E-state index contributed by atoms with van der Waals surface area (Å²) in [7, 11) is 0. The van der Waals surface area contributed by atoms with Gasteiger partial charge in [0.05, 0.1) is 0 Å². The largest absolute Gasteiger partial charge is 0.326 e. The van der Waals surface area contributed by atoms with Crippen molar-refractivity contribution in [1.29, 1.82) is 0 Å². The Morgan fingerprint density at radius 2 is 2.05 bits per heavy atom. The smallest absolute Gasteiger partial charge is 0.209 e. The topological polar surface area (TPSA) is 53.6 Å². The molecule has 1 aromatic carbocycles. The molecule has 0 aliphatic rings. The molecule has 0 saturated heterocycles. The number of nitrogens with one attached hydrogen (secondary N) is 2. The zero-order valence-corrected chi connectivity index (χ0v) is 12.5. The number of hydrogen-bond donors (Lipinski definition) is 2. The molecule has 0 amide bonds. The van der Waals surface area contributed by atoms with Gasteiger partial charge in [-0.3, -0.25) is 0 Å². The number of para-hydroxylation sites is 1. The Morgan fingerprint density at radius 3 is 2.74 bits per heavy atom. The van der Waals surface area contributed by atoms with E-state index in [9.17, 15) is 0 Å². The minimum Gasteiger partial charge on any atom is -0.326 e. The third kappa shape index (κ3) is 4.33. The molecule has 2 N–H and O–H groups in total. The summed E-state index contributed by atoms with van der Waals surface area (Å²) in [6, 6.07) is 9.85. The maximum atomic E-state index is 5.13. The normalized spacial score (nSPS) is 12.1. The van der Waals surface area contributed by atoms with Gasteiger partial charge in [0, 0.05) is 10.9 Å². The maximum Gasteiger partial charge on any atom is 0.209 e. The van der Waals surface area contributed by atoms with E-state index in [1.807, 2.05) is 30.3 Å². The minimum absolute atomic E-state index is 0.444. The Hall–Kier alpha value is -1.40. The molecule has 0 fully saturated rings. The fourth-order valence-corrected chi connectivity index (χ4v) is 2.45. The molecule has 1 heterocycles. The average Bonchev–Trinajstić information content (AvgIpc) is 2.39. The lowest BCUT2D eigenvalue weighted by Gasteiger charge is -2.09. The Bertz CT molecular complexity index is 583. The van der Waals surface area contributed by atoms with Crippen molar-refractivity contribution in [2.24, 2.45) is 0 Å². The molecule has 0 spiro atoms. The number of hydrogen-bond acceptors (Lipinski definition) is 5. The molecule has 6 heteroatoms. The Balaban J connectivity index is 2.19. The van der Waals surface area contributed by atoms with E-state index in [-0.39, 0.29) is 0 Å². The van der Waals surface area contributed by atoms with E-state index in [2.05, 4.69) is 34.1 Å². The SMILES string of the molecule is CCC(C)Sc1nc(Nc2ccccc2)[nH]c(=S)n1. The maximum absolute atomic E-state index is 5.13. The summed E-state index contributed by atoms with van der Waals surface area (Å²) in [6.07, 6.45) is 1.07. The van der Waals surface area contributed by atoms with Crippen LogP contribution in [-0.4, -0.2) is 20.2 Å². The summed E-state index contributed by atoms with van der Waals surface area (Å²) in [5, 5.41) is 4.37. The first kappa shape index (κ1) is 14.0. The summed E-state index contributed by atoms with van der Waals surface area (Å²) in [5.41, 5.74) is 0.964. The number of aromatic amines is 1. The number of aromatic nitrogens is 3. The van der Waals surface area contributed by atoms with Gasteiger partial charge in [0.15, 0.2) is 5.16 Å². The molecule has 1 unspecified atom stereocenters. The van der Waals surface area contributed by atoms with Crippen molar-refractivity contribution in [2.75, 3.05) is 5.32 Å². The quantitative estimate of drug-likeness (QED) is 0.640. The Labute approximate surface area is 122 Å². The molecule has 4 nitrogen and oxygen atoms in total. The molecule has 2 rings (SSSR count). The molecule has 0 radical (unpaired) electrons. The van der Waals surface area contributed by atoms with E-state index >= 15 is 0 Å². The fraction of sp³-hybridized carbons (Fsp3) is 0.308. The van der Waals surface area contributed by atoms with Crippen LogP contribution in [0.5, 0.6) is 0 Å². The monoisotopic (exact) mass is 292 g/mol. The zero-order chi connectivity index (χ0) is 13.7. The van der Waals surface area contributed by atoms with Crippen molar-refractivity contribution in [3.8, 4) is 0 Å². The lowest BCUT2D eigenvalue weighted by atomic mass is 10.3. The summed E-state index contributed by atoms with van der Waals surface area (Å²) < 4.78 is 0.444. The molecule has 100 valence electrons. The highest BCUT2D eigenvalue weighted by Crippen LogP contribution is 2.22.